The first-order valence-corrected chi connectivity index (χ1v) is 8.35. The Labute approximate surface area is 142 Å². The first-order chi connectivity index (χ1) is 11.7. The summed E-state index contributed by atoms with van der Waals surface area (Å²) in [5.41, 5.74) is 2.08. The van der Waals surface area contributed by atoms with Crippen LogP contribution in [0, 0.1) is 0 Å². The standard InChI is InChI=1S/C18H25N3O3/c1-3-23-17-8-5-7-15(11-17)13-21-14-16(12-20-21)19-10-6-9-18(22)24-4-2/h5,7-8,11-12,14,19H,3-4,6,9-10,13H2,1-2H3. The number of hydrogen-bond acceptors (Lipinski definition) is 5. The predicted octanol–water partition coefficient (Wildman–Crippen LogP) is 3.09. The van der Waals surface area contributed by atoms with Crippen molar-refractivity contribution < 1.29 is 14.3 Å². The van der Waals surface area contributed by atoms with Gasteiger partial charge in [0.1, 0.15) is 5.75 Å². The molecule has 0 atom stereocenters. The molecule has 24 heavy (non-hydrogen) atoms. The lowest BCUT2D eigenvalue weighted by Gasteiger charge is -2.06. The lowest BCUT2D eigenvalue weighted by Crippen LogP contribution is -2.08. The normalized spacial score (nSPS) is 10.4. The van der Waals surface area contributed by atoms with Crippen LogP contribution in [0.15, 0.2) is 36.7 Å². The van der Waals surface area contributed by atoms with Gasteiger partial charge >= 0.3 is 5.97 Å². The van der Waals surface area contributed by atoms with Crippen LogP contribution in [0.1, 0.15) is 32.3 Å². The van der Waals surface area contributed by atoms with Crippen LogP contribution in [0.4, 0.5) is 5.69 Å². The zero-order valence-electron chi connectivity index (χ0n) is 14.3. The van der Waals surface area contributed by atoms with Crippen LogP contribution in [0.5, 0.6) is 5.75 Å². The first kappa shape index (κ1) is 17.8. The fraction of sp³-hybridized carbons (Fsp3) is 0.444. The zero-order valence-corrected chi connectivity index (χ0v) is 14.3. The van der Waals surface area contributed by atoms with E-state index in [9.17, 15) is 4.79 Å². The van der Waals surface area contributed by atoms with E-state index in [1.807, 2.05) is 42.9 Å². The Morgan fingerprint density at radius 2 is 2.17 bits per heavy atom. The van der Waals surface area contributed by atoms with Gasteiger partial charge in [-0.3, -0.25) is 9.48 Å². The molecule has 0 unspecified atom stereocenters. The summed E-state index contributed by atoms with van der Waals surface area (Å²) >= 11 is 0. The quantitative estimate of drug-likeness (QED) is 0.535. The fourth-order valence-corrected chi connectivity index (χ4v) is 2.33. The molecule has 1 N–H and O–H groups in total. The minimum atomic E-state index is -0.149. The molecule has 2 aromatic rings. The third kappa shape index (κ3) is 5.95. The van der Waals surface area contributed by atoms with E-state index >= 15 is 0 Å². The van der Waals surface area contributed by atoms with Crippen LogP contribution in [-0.2, 0) is 16.1 Å². The molecule has 0 radical (unpaired) electrons. The highest BCUT2D eigenvalue weighted by Gasteiger charge is 2.03. The Bertz CT molecular complexity index is 640. The summed E-state index contributed by atoms with van der Waals surface area (Å²) < 4.78 is 12.3. The molecule has 0 saturated heterocycles. The molecule has 0 spiro atoms. The molecule has 1 heterocycles. The second-order valence-electron chi connectivity index (χ2n) is 5.34. The van der Waals surface area contributed by atoms with Crippen molar-refractivity contribution in [1.29, 1.82) is 0 Å². The van der Waals surface area contributed by atoms with Gasteiger partial charge < -0.3 is 14.8 Å². The zero-order chi connectivity index (χ0) is 17.2. The molecule has 6 nitrogen and oxygen atoms in total. The number of nitrogens with one attached hydrogen (secondary N) is 1. The molecule has 0 bridgehead atoms. The van der Waals surface area contributed by atoms with Crippen molar-refractivity contribution in [2.24, 2.45) is 0 Å². The summed E-state index contributed by atoms with van der Waals surface area (Å²) in [6.07, 6.45) is 4.91. The Balaban J connectivity index is 1.78. The van der Waals surface area contributed by atoms with Gasteiger partial charge in [-0.05, 0) is 38.0 Å². The molecule has 0 fully saturated rings. The Morgan fingerprint density at radius 1 is 1.29 bits per heavy atom. The van der Waals surface area contributed by atoms with Crippen molar-refractivity contribution in [3.05, 3.63) is 42.2 Å². The fourth-order valence-electron chi connectivity index (χ4n) is 2.33. The molecule has 6 heteroatoms. The average molecular weight is 331 g/mol. The second kappa shape index (κ2) is 9.60. The highest BCUT2D eigenvalue weighted by molar-refractivity contribution is 5.69. The van der Waals surface area contributed by atoms with E-state index in [4.69, 9.17) is 9.47 Å². The lowest BCUT2D eigenvalue weighted by atomic mass is 10.2. The van der Waals surface area contributed by atoms with Crippen molar-refractivity contribution in [1.82, 2.24) is 9.78 Å². The molecule has 1 aromatic carbocycles. The minimum absolute atomic E-state index is 0.149. The third-order valence-electron chi connectivity index (χ3n) is 3.38. The largest absolute Gasteiger partial charge is 0.494 e. The van der Waals surface area contributed by atoms with E-state index in [2.05, 4.69) is 16.5 Å². The number of nitrogens with zero attached hydrogens (tertiary/aromatic N) is 2. The number of carbonyl (C=O) groups is 1. The SMILES string of the molecule is CCOC(=O)CCCNc1cnn(Cc2cccc(OCC)c2)c1. The molecule has 0 aliphatic heterocycles. The van der Waals surface area contributed by atoms with Gasteiger partial charge in [-0.15, -0.1) is 0 Å². The number of ether oxygens (including phenoxy) is 2. The first-order valence-electron chi connectivity index (χ1n) is 8.35. The molecule has 130 valence electrons. The van der Waals surface area contributed by atoms with Gasteiger partial charge in [0, 0.05) is 19.2 Å². The van der Waals surface area contributed by atoms with Crippen molar-refractivity contribution in [2.45, 2.75) is 33.2 Å². The molecular weight excluding hydrogens is 306 g/mol. The molecule has 0 saturated carbocycles. The van der Waals surface area contributed by atoms with Gasteiger partial charge in [0.25, 0.3) is 0 Å². The Hall–Kier alpha value is -2.50. The number of rotatable bonds is 10. The van der Waals surface area contributed by atoms with Crippen LogP contribution in [-0.4, -0.2) is 35.5 Å². The lowest BCUT2D eigenvalue weighted by molar-refractivity contribution is -0.143. The average Bonchev–Trinajstić information content (AvgIpc) is 3.00. The van der Waals surface area contributed by atoms with Crippen molar-refractivity contribution in [3.8, 4) is 5.75 Å². The number of esters is 1. The van der Waals surface area contributed by atoms with Crippen molar-refractivity contribution in [3.63, 3.8) is 0 Å². The summed E-state index contributed by atoms with van der Waals surface area (Å²) in [5.74, 6) is 0.726. The van der Waals surface area contributed by atoms with Gasteiger partial charge in [0.2, 0.25) is 0 Å². The van der Waals surface area contributed by atoms with Crippen LogP contribution >= 0.6 is 0 Å². The number of carbonyl (C=O) groups excluding carboxylic acids is 1. The maximum absolute atomic E-state index is 11.3. The van der Waals surface area contributed by atoms with E-state index in [0.29, 0.717) is 32.7 Å². The second-order valence-corrected chi connectivity index (χ2v) is 5.34. The third-order valence-corrected chi connectivity index (χ3v) is 3.38. The van der Waals surface area contributed by atoms with E-state index in [0.717, 1.165) is 23.4 Å². The van der Waals surface area contributed by atoms with Crippen molar-refractivity contribution in [2.75, 3.05) is 25.1 Å². The Morgan fingerprint density at radius 3 is 2.96 bits per heavy atom. The monoisotopic (exact) mass is 331 g/mol. The van der Waals surface area contributed by atoms with Crippen LogP contribution < -0.4 is 10.1 Å². The summed E-state index contributed by atoms with van der Waals surface area (Å²) in [5, 5.41) is 7.62. The molecule has 0 aliphatic rings. The summed E-state index contributed by atoms with van der Waals surface area (Å²) in [6.45, 7) is 6.28. The van der Waals surface area contributed by atoms with E-state index in [-0.39, 0.29) is 5.97 Å². The van der Waals surface area contributed by atoms with Gasteiger partial charge in [0.15, 0.2) is 0 Å². The van der Waals surface area contributed by atoms with Gasteiger partial charge in [-0.25, -0.2) is 0 Å². The predicted molar refractivity (Wildman–Crippen MR) is 93.3 cm³/mol. The van der Waals surface area contributed by atoms with E-state index in [1.165, 1.54) is 0 Å². The molecule has 0 aliphatic carbocycles. The Kier molecular flexibility index (Phi) is 7.14. The highest BCUT2D eigenvalue weighted by atomic mass is 16.5. The summed E-state index contributed by atoms with van der Waals surface area (Å²) in [7, 11) is 0. The highest BCUT2D eigenvalue weighted by Crippen LogP contribution is 2.15. The maximum atomic E-state index is 11.3. The number of benzene rings is 1. The summed E-state index contributed by atoms with van der Waals surface area (Å²) in [4.78, 5) is 11.3. The van der Waals surface area contributed by atoms with E-state index in [1.54, 1.807) is 6.20 Å². The smallest absolute Gasteiger partial charge is 0.305 e. The topological polar surface area (TPSA) is 65.4 Å². The van der Waals surface area contributed by atoms with Crippen molar-refractivity contribution >= 4 is 11.7 Å². The van der Waals surface area contributed by atoms with Gasteiger partial charge in [-0.2, -0.15) is 5.10 Å². The minimum Gasteiger partial charge on any atom is -0.494 e. The summed E-state index contributed by atoms with van der Waals surface area (Å²) in [6, 6.07) is 8.01. The molecule has 0 amide bonds. The molecular formula is C18H25N3O3. The number of hydrogen-bond donors (Lipinski definition) is 1. The number of aromatic nitrogens is 2. The van der Waals surface area contributed by atoms with Crippen LogP contribution in [0.25, 0.3) is 0 Å². The van der Waals surface area contributed by atoms with Gasteiger partial charge in [0.05, 0.1) is 31.6 Å². The van der Waals surface area contributed by atoms with Crippen LogP contribution in [0.2, 0.25) is 0 Å². The maximum Gasteiger partial charge on any atom is 0.305 e. The molecule has 1 aromatic heterocycles. The van der Waals surface area contributed by atoms with E-state index < -0.39 is 0 Å². The van der Waals surface area contributed by atoms with Crippen LogP contribution in [0.3, 0.4) is 0 Å². The molecule has 2 rings (SSSR count). The van der Waals surface area contributed by atoms with Gasteiger partial charge in [-0.1, -0.05) is 12.1 Å². The number of anilines is 1.